The van der Waals surface area contributed by atoms with E-state index in [-0.39, 0.29) is 5.91 Å². The zero-order chi connectivity index (χ0) is 10.6. The summed E-state index contributed by atoms with van der Waals surface area (Å²) in [7, 11) is 3.40. The molecular formula is C9H15N3O2. The zero-order valence-electron chi connectivity index (χ0n) is 8.70. The number of rotatable bonds is 4. The van der Waals surface area contributed by atoms with Gasteiger partial charge in [0, 0.05) is 26.4 Å². The van der Waals surface area contributed by atoms with Gasteiger partial charge in [-0.2, -0.15) is 5.10 Å². The zero-order valence-corrected chi connectivity index (χ0v) is 8.70. The van der Waals surface area contributed by atoms with E-state index in [1.807, 2.05) is 6.92 Å². The van der Waals surface area contributed by atoms with Gasteiger partial charge in [0.2, 0.25) is 0 Å². The van der Waals surface area contributed by atoms with Crippen LogP contribution in [0.5, 0.6) is 0 Å². The summed E-state index contributed by atoms with van der Waals surface area (Å²) in [6.45, 7) is 2.92. The summed E-state index contributed by atoms with van der Waals surface area (Å²) in [6, 6.07) is 1.75. The smallest absolute Gasteiger partial charge is 0.271 e. The molecule has 1 N–H and O–H groups in total. The van der Waals surface area contributed by atoms with Crippen LogP contribution in [0.4, 0.5) is 0 Å². The lowest BCUT2D eigenvalue weighted by atomic mass is 10.3. The van der Waals surface area contributed by atoms with E-state index in [0.717, 1.165) is 5.69 Å². The van der Waals surface area contributed by atoms with E-state index in [1.54, 1.807) is 24.9 Å². The minimum absolute atomic E-state index is 0.161. The summed E-state index contributed by atoms with van der Waals surface area (Å²) < 4.78 is 6.49. The van der Waals surface area contributed by atoms with Crippen molar-refractivity contribution in [1.82, 2.24) is 15.1 Å². The maximum absolute atomic E-state index is 11.4. The Hall–Kier alpha value is -1.36. The summed E-state index contributed by atoms with van der Waals surface area (Å²) in [6.07, 6.45) is 0. The van der Waals surface area contributed by atoms with Crippen LogP contribution in [0.3, 0.4) is 0 Å². The van der Waals surface area contributed by atoms with Gasteiger partial charge in [0.1, 0.15) is 5.69 Å². The average Bonchev–Trinajstić information content (AvgIpc) is 2.47. The molecule has 1 aromatic rings. The second-order valence-corrected chi connectivity index (χ2v) is 3.04. The van der Waals surface area contributed by atoms with Gasteiger partial charge in [-0.15, -0.1) is 0 Å². The van der Waals surface area contributed by atoms with Gasteiger partial charge in [0.15, 0.2) is 0 Å². The van der Waals surface area contributed by atoms with Gasteiger partial charge >= 0.3 is 0 Å². The lowest BCUT2D eigenvalue weighted by Crippen LogP contribution is -2.27. The first kappa shape index (κ1) is 10.7. The highest BCUT2D eigenvalue weighted by Crippen LogP contribution is 2.00. The monoisotopic (exact) mass is 197 g/mol. The van der Waals surface area contributed by atoms with Gasteiger partial charge in [-0.3, -0.25) is 9.48 Å². The van der Waals surface area contributed by atoms with Crippen LogP contribution in [-0.4, -0.2) is 35.9 Å². The van der Waals surface area contributed by atoms with E-state index >= 15 is 0 Å². The van der Waals surface area contributed by atoms with E-state index in [2.05, 4.69) is 10.4 Å². The number of amides is 1. The Morgan fingerprint density at radius 1 is 1.71 bits per heavy atom. The standard InChI is InChI=1S/C9H15N3O2/c1-7-6-8(11-12(7)2)9(13)10-4-5-14-3/h6H,4-5H2,1-3H3,(H,10,13). The Bertz CT molecular complexity index is 300. The number of methoxy groups -OCH3 is 1. The molecule has 0 atom stereocenters. The molecule has 0 unspecified atom stereocenters. The number of nitrogens with zero attached hydrogens (tertiary/aromatic N) is 2. The third-order valence-corrected chi connectivity index (χ3v) is 1.94. The maximum atomic E-state index is 11.4. The Labute approximate surface area is 83.1 Å². The van der Waals surface area contributed by atoms with Gasteiger partial charge in [-0.05, 0) is 13.0 Å². The molecule has 5 heteroatoms. The fourth-order valence-corrected chi connectivity index (χ4v) is 1.03. The molecule has 0 aromatic carbocycles. The van der Waals surface area contributed by atoms with Crippen molar-refractivity contribution >= 4 is 5.91 Å². The molecule has 14 heavy (non-hydrogen) atoms. The summed E-state index contributed by atoms with van der Waals surface area (Å²) in [5.74, 6) is -0.161. The van der Waals surface area contributed by atoms with Gasteiger partial charge in [0.05, 0.1) is 6.61 Å². The molecule has 0 saturated heterocycles. The van der Waals surface area contributed by atoms with Crippen molar-refractivity contribution in [2.75, 3.05) is 20.3 Å². The number of nitrogens with one attached hydrogen (secondary N) is 1. The fraction of sp³-hybridized carbons (Fsp3) is 0.556. The topological polar surface area (TPSA) is 56.1 Å². The largest absolute Gasteiger partial charge is 0.383 e. The number of aromatic nitrogens is 2. The van der Waals surface area contributed by atoms with Crippen LogP contribution >= 0.6 is 0 Å². The fourth-order valence-electron chi connectivity index (χ4n) is 1.03. The lowest BCUT2D eigenvalue weighted by Gasteiger charge is -2.00. The van der Waals surface area contributed by atoms with Crippen LogP contribution in [0.2, 0.25) is 0 Å². The van der Waals surface area contributed by atoms with Crippen molar-refractivity contribution in [1.29, 1.82) is 0 Å². The Kier molecular flexibility index (Phi) is 3.64. The van der Waals surface area contributed by atoms with Crippen LogP contribution in [0.1, 0.15) is 16.2 Å². The van der Waals surface area contributed by atoms with Crippen LogP contribution < -0.4 is 5.32 Å². The molecule has 0 radical (unpaired) electrons. The van der Waals surface area contributed by atoms with Gasteiger partial charge in [0.25, 0.3) is 5.91 Å². The molecule has 0 saturated carbocycles. The third kappa shape index (κ3) is 2.56. The van der Waals surface area contributed by atoms with Crippen LogP contribution in [0.15, 0.2) is 6.07 Å². The summed E-state index contributed by atoms with van der Waals surface area (Å²) in [5.41, 5.74) is 1.41. The second-order valence-electron chi connectivity index (χ2n) is 3.04. The van der Waals surface area contributed by atoms with Crippen LogP contribution in [0.25, 0.3) is 0 Å². The minimum atomic E-state index is -0.161. The average molecular weight is 197 g/mol. The highest BCUT2D eigenvalue weighted by molar-refractivity contribution is 5.92. The molecule has 1 rings (SSSR count). The molecule has 0 aliphatic rings. The molecule has 0 aliphatic carbocycles. The lowest BCUT2D eigenvalue weighted by molar-refractivity contribution is 0.0931. The molecule has 5 nitrogen and oxygen atoms in total. The predicted molar refractivity (Wildman–Crippen MR) is 52.2 cm³/mol. The first-order chi connectivity index (χ1) is 6.65. The van der Waals surface area contributed by atoms with Crippen molar-refractivity contribution in [2.24, 2.45) is 7.05 Å². The van der Waals surface area contributed by atoms with E-state index < -0.39 is 0 Å². The van der Waals surface area contributed by atoms with Gasteiger partial charge < -0.3 is 10.1 Å². The van der Waals surface area contributed by atoms with Crippen molar-refractivity contribution < 1.29 is 9.53 Å². The summed E-state index contributed by atoms with van der Waals surface area (Å²) in [4.78, 5) is 11.4. The Morgan fingerprint density at radius 2 is 2.43 bits per heavy atom. The van der Waals surface area contributed by atoms with E-state index in [1.165, 1.54) is 0 Å². The summed E-state index contributed by atoms with van der Waals surface area (Å²) >= 11 is 0. The highest BCUT2D eigenvalue weighted by atomic mass is 16.5. The molecule has 78 valence electrons. The Morgan fingerprint density at radius 3 is 2.93 bits per heavy atom. The molecule has 0 bridgehead atoms. The molecular weight excluding hydrogens is 182 g/mol. The highest BCUT2D eigenvalue weighted by Gasteiger charge is 2.09. The van der Waals surface area contributed by atoms with Crippen molar-refractivity contribution in [3.8, 4) is 0 Å². The molecule has 0 spiro atoms. The third-order valence-electron chi connectivity index (χ3n) is 1.94. The normalized spacial score (nSPS) is 10.2. The van der Waals surface area contributed by atoms with Crippen LogP contribution in [0, 0.1) is 6.92 Å². The number of carbonyl (C=O) groups excluding carboxylic acids is 1. The Balaban J connectivity index is 2.52. The van der Waals surface area contributed by atoms with Crippen molar-refractivity contribution in [3.05, 3.63) is 17.5 Å². The van der Waals surface area contributed by atoms with Crippen molar-refractivity contribution in [3.63, 3.8) is 0 Å². The predicted octanol–water partition coefficient (Wildman–Crippen LogP) is 0.105. The number of aryl methyl sites for hydroxylation is 2. The van der Waals surface area contributed by atoms with E-state index in [4.69, 9.17) is 4.74 Å². The van der Waals surface area contributed by atoms with Crippen LogP contribution in [-0.2, 0) is 11.8 Å². The molecule has 1 aromatic heterocycles. The van der Waals surface area contributed by atoms with E-state index in [0.29, 0.717) is 18.8 Å². The van der Waals surface area contributed by atoms with Gasteiger partial charge in [-0.1, -0.05) is 0 Å². The quantitative estimate of drug-likeness (QED) is 0.697. The number of hydrogen-bond donors (Lipinski definition) is 1. The molecule has 1 amide bonds. The van der Waals surface area contributed by atoms with Gasteiger partial charge in [-0.25, -0.2) is 0 Å². The van der Waals surface area contributed by atoms with E-state index in [9.17, 15) is 4.79 Å². The summed E-state index contributed by atoms with van der Waals surface area (Å²) in [5, 5.41) is 6.75. The first-order valence-electron chi connectivity index (χ1n) is 4.43. The SMILES string of the molecule is COCCNC(=O)c1cc(C)n(C)n1. The number of ether oxygens (including phenoxy) is 1. The minimum Gasteiger partial charge on any atom is -0.383 e. The number of hydrogen-bond acceptors (Lipinski definition) is 3. The number of carbonyl (C=O) groups is 1. The second kappa shape index (κ2) is 4.76. The molecule has 0 aliphatic heterocycles. The first-order valence-corrected chi connectivity index (χ1v) is 4.43. The molecule has 1 heterocycles. The van der Waals surface area contributed by atoms with Crippen molar-refractivity contribution in [2.45, 2.75) is 6.92 Å². The maximum Gasteiger partial charge on any atom is 0.271 e. The molecule has 0 fully saturated rings.